The van der Waals surface area contributed by atoms with Gasteiger partial charge in [0, 0.05) is 0 Å². The SMILES string of the molecule is NON(N=O)c1ccccc1.O=NN(O)c1ccccc1.O=NN(O)c1ccccc1. The van der Waals surface area contributed by atoms with Crippen LogP contribution in [0.15, 0.2) is 107 Å². The maximum atomic E-state index is 10.0. The van der Waals surface area contributed by atoms with Gasteiger partial charge < -0.3 is 0 Å². The summed E-state index contributed by atoms with van der Waals surface area (Å²) in [6.45, 7) is 0. The molecule has 0 saturated heterocycles. The van der Waals surface area contributed by atoms with Crippen LogP contribution in [0.2, 0.25) is 0 Å². The first-order valence-corrected chi connectivity index (χ1v) is 8.37. The normalized spacial score (nSPS) is 9.00. The number of rotatable bonds is 7. The number of hydrogen-bond donors (Lipinski definition) is 3. The van der Waals surface area contributed by atoms with Crippen molar-refractivity contribution in [3.05, 3.63) is 106 Å². The highest BCUT2D eigenvalue weighted by Gasteiger charge is 2.02. The van der Waals surface area contributed by atoms with Crippen LogP contribution in [0.4, 0.5) is 17.1 Å². The van der Waals surface area contributed by atoms with Crippen molar-refractivity contribution in [3.63, 3.8) is 0 Å². The zero-order valence-electron chi connectivity index (χ0n) is 15.9. The van der Waals surface area contributed by atoms with Crippen LogP contribution >= 0.6 is 0 Å². The average Bonchev–Trinajstić information content (AvgIpc) is 2.86. The minimum Gasteiger partial charge on any atom is -0.265 e. The fourth-order valence-corrected chi connectivity index (χ4v) is 1.90. The quantitative estimate of drug-likeness (QED) is 0.366. The number of nitrogens with two attached hydrogens (primary N) is 1. The molecule has 0 saturated carbocycles. The van der Waals surface area contributed by atoms with Crippen molar-refractivity contribution in [2.24, 2.45) is 21.8 Å². The Morgan fingerprint density at radius 2 is 0.903 bits per heavy atom. The molecule has 4 N–H and O–H groups in total. The monoisotopic (exact) mass is 429 g/mol. The van der Waals surface area contributed by atoms with E-state index in [-0.39, 0.29) is 10.3 Å². The van der Waals surface area contributed by atoms with E-state index in [4.69, 9.17) is 16.3 Å². The number of anilines is 3. The zero-order chi connectivity index (χ0) is 22.9. The summed E-state index contributed by atoms with van der Waals surface area (Å²) in [5.41, 5.74) is 1.21. The summed E-state index contributed by atoms with van der Waals surface area (Å²) in [4.78, 5) is 33.6. The van der Waals surface area contributed by atoms with Gasteiger partial charge in [0.05, 0.1) is 32.9 Å². The summed E-state index contributed by atoms with van der Waals surface area (Å²) in [7, 11) is 0. The minimum absolute atomic E-state index is 0.278. The number of nitrogens with zero attached hydrogens (tertiary/aromatic N) is 6. The molecule has 0 aliphatic heterocycles. The molecule has 0 bridgehead atoms. The van der Waals surface area contributed by atoms with Gasteiger partial charge in [-0.3, -0.25) is 10.4 Å². The molecule has 162 valence electrons. The van der Waals surface area contributed by atoms with Gasteiger partial charge >= 0.3 is 0 Å². The van der Waals surface area contributed by atoms with Crippen molar-refractivity contribution < 1.29 is 15.4 Å². The molecule has 0 aliphatic rings. The van der Waals surface area contributed by atoms with Gasteiger partial charge in [-0.25, -0.2) is 0 Å². The Morgan fingerprint density at radius 1 is 0.581 bits per heavy atom. The first kappa shape index (κ1) is 24.7. The van der Waals surface area contributed by atoms with Gasteiger partial charge in [-0.15, -0.1) is 25.1 Å². The van der Waals surface area contributed by atoms with E-state index in [9.17, 15) is 14.7 Å². The fourth-order valence-electron chi connectivity index (χ4n) is 1.90. The highest BCUT2D eigenvalue weighted by Crippen LogP contribution is 2.12. The molecule has 13 heteroatoms. The molecule has 3 aromatic rings. The van der Waals surface area contributed by atoms with Crippen molar-refractivity contribution in [3.8, 4) is 0 Å². The van der Waals surface area contributed by atoms with Crippen LogP contribution < -0.4 is 21.4 Å². The Hall–Kier alpha value is -4.30. The summed E-state index contributed by atoms with van der Waals surface area (Å²) in [6.07, 6.45) is 0. The lowest BCUT2D eigenvalue weighted by Crippen LogP contribution is -2.20. The van der Waals surface area contributed by atoms with E-state index in [1.807, 2.05) is 6.07 Å². The molecule has 0 spiro atoms. The smallest absolute Gasteiger partial charge is 0.0953 e. The second-order valence-electron chi connectivity index (χ2n) is 5.21. The van der Waals surface area contributed by atoms with Crippen molar-refractivity contribution in [2.45, 2.75) is 0 Å². The molecule has 31 heavy (non-hydrogen) atoms. The number of hydrogen-bond acceptors (Lipinski definition) is 10. The largest absolute Gasteiger partial charge is 0.265 e. The van der Waals surface area contributed by atoms with Gasteiger partial charge in [-0.2, -0.15) is 10.8 Å². The van der Waals surface area contributed by atoms with Gasteiger partial charge in [-0.1, -0.05) is 59.8 Å². The van der Waals surface area contributed by atoms with Crippen LogP contribution in [-0.2, 0) is 4.94 Å². The lowest BCUT2D eigenvalue weighted by molar-refractivity contribution is 0.111. The van der Waals surface area contributed by atoms with Gasteiger partial charge in [0.25, 0.3) is 0 Å². The maximum Gasteiger partial charge on any atom is 0.0953 e. The predicted octanol–water partition coefficient (Wildman–Crippen LogP) is 4.11. The van der Waals surface area contributed by atoms with Crippen LogP contribution in [0.1, 0.15) is 0 Å². The molecular weight excluding hydrogens is 410 g/mol. The second kappa shape index (κ2) is 14.7. The Bertz CT molecular complexity index is 840. The van der Waals surface area contributed by atoms with Gasteiger partial charge in [-0.05, 0) is 36.4 Å². The molecule has 0 aliphatic carbocycles. The molecule has 0 unspecified atom stereocenters. The lowest BCUT2D eigenvalue weighted by atomic mass is 10.3. The van der Waals surface area contributed by atoms with Gasteiger partial charge in [0.2, 0.25) is 0 Å². The predicted molar refractivity (Wildman–Crippen MR) is 113 cm³/mol. The minimum atomic E-state index is 0.278. The van der Waals surface area contributed by atoms with Gasteiger partial charge in [0.15, 0.2) is 0 Å². The third kappa shape index (κ3) is 9.16. The molecule has 0 amide bonds. The van der Waals surface area contributed by atoms with Crippen molar-refractivity contribution >= 4 is 17.1 Å². The number of para-hydroxylation sites is 3. The molecule has 13 nitrogen and oxygen atoms in total. The maximum absolute atomic E-state index is 10.0. The number of benzene rings is 3. The Labute approximate surface area is 176 Å². The molecule has 0 aromatic heterocycles. The summed E-state index contributed by atoms with van der Waals surface area (Å²) >= 11 is 0. The van der Waals surface area contributed by atoms with E-state index in [0.29, 0.717) is 22.2 Å². The van der Waals surface area contributed by atoms with Crippen molar-refractivity contribution in [1.29, 1.82) is 0 Å². The highest BCUT2D eigenvalue weighted by atomic mass is 16.8. The molecule has 3 rings (SSSR count). The van der Waals surface area contributed by atoms with E-state index >= 15 is 0 Å². The molecule has 3 aromatic carbocycles. The summed E-state index contributed by atoms with van der Waals surface area (Å²) < 4.78 is 0. The summed E-state index contributed by atoms with van der Waals surface area (Å²) in [5.74, 6) is 4.75. The van der Waals surface area contributed by atoms with Crippen LogP contribution in [0.3, 0.4) is 0 Å². The third-order valence-electron chi connectivity index (χ3n) is 3.28. The van der Waals surface area contributed by atoms with Crippen LogP contribution in [0.25, 0.3) is 0 Å². The first-order chi connectivity index (χ1) is 15.1. The van der Waals surface area contributed by atoms with E-state index in [1.165, 1.54) is 0 Å². The fraction of sp³-hybridized carbons (Fsp3) is 0. The Balaban J connectivity index is 0.000000233. The number of nitroso groups, excluding NO2 is 3. The zero-order valence-corrected chi connectivity index (χ0v) is 15.9. The Morgan fingerprint density at radius 3 is 1.16 bits per heavy atom. The highest BCUT2D eigenvalue weighted by molar-refractivity contribution is 5.43. The molecule has 0 atom stereocenters. The first-order valence-electron chi connectivity index (χ1n) is 8.37. The molecule has 0 heterocycles. The van der Waals surface area contributed by atoms with Crippen molar-refractivity contribution in [2.75, 3.05) is 15.5 Å². The van der Waals surface area contributed by atoms with Crippen LogP contribution in [0, 0.1) is 14.7 Å². The van der Waals surface area contributed by atoms with Crippen LogP contribution in [-0.4, -0.2) is 10.4 Å². The summed E-state index contributed by atoms with van der Waals surface area (Å²) in [6, 6.07) is 25.2. The van der Waals surface area contributed by atoms with E-state index in [1.54, 1.807) is 84.9 Å². The van der Waals surface area contributed by atoms with E-state index in [0.717, 1.165) is 0 Å². The average molecular weight is 429 g/mol. The second-order valence-corrected chi connectivity index (χ2v) is 5.21. The lowest BCUT2D eigenvalue weighted by Gasteiger charge is -2.08. The van der Waals surface area contributed by atoms with E-state index in [2.05, 4.69) is 20.8 Å². The molecular formula is C18H19N7O6. The summed E-state index contributed by atoms with van der Waals surface area (Å²) in [5, 5.41) is 25.7. The molecule has 0 fully saturated rings. The van der Waals surface area contributed by atoms with Gasteiger partial charge in [0.1, 0.15) is 0 Å². The van der Waals surface area contributed by atoms with Crippen molar-refractivity contribution in [1.82, 2.24) is 0 Å². The van der Waals surface area contributed by atoms with Crippen LogP contribution in [0.5, 0.6) is 0 Å². The van der Waals surface area contributed by atoms with E-state index < -0.39 is 0 Å². The third-order valence-corrected chi connectivity index (χ3v) is 3.28. The topological polar surface area (TPSA) is 174 Å². The Kier molecular flexibility index (Phi) is 11.7. The standard InChI is InChI=1S/C6H7N3O2.2C6H6N2O2/c7-11-9(8-10)6-4-2-1-3-5-6;2*9-7-8(10)6-4-2-1-3-5-6/h1-5H,7H2;2*1-5,10H. The molecule has 0 radical (unpaired) electrons.